The second-order valence-electron chi connectivity index (χ2n) is 9.05. The van der Waals surface area contributed by atoms with Gasteiger partial charge in [0.15, 0.2) is 0 Å². The number of rotatable bonds is 14. The molecule has 0 aromatic carbocycles. The highest BCUT2D eigenvalue weighted by Gasteiger charge is 2.35. The number of hydrogen-bond acceptors (Lipinski definition) is 4. The largest absolute Gasteiger partial charge is 0.477 e. The van der Waals surface area contributed by atoms with Gasteiger partial charge in [0.2, 0.25) is 0 Å². The van der Waals surface area contributed by atoms with Gasteiger partial charge in [-0.3, -0.25) is 4.79 Å². The Morgan fingerprint density at radius 2 is 1.93 bits per heavy atom. The van der Waals surface area contributed by atoms with E-state index in [2.05, 4.69) is 32.9 Å². The molecule has 5 nitrogen and oxygen atoms in total. The molecule has 1 aliphatic carbocycles. The average molecular weight is 397 g/mol. The Balaban J connectivity index is 2.38. The number of aliphatic carboxylic acids is 1. The summed E-state index contributed by atoms with van der Waals surface area (Å²) in [5.74, 6) is -2.65. The normalized spacial score (nSPS) is 22.7. The number of carboxylic acids is 1. The van der Waals surface area contributed by atoms with Crippen LogP contribution in [-0.2, 0) is 14.3 Å². The van der Waals surface area contributed by atoms with Crippen molar-refractivity contribution in [3.8, 4) is 0 Å². The van der Waals surface area contributed by atoms with Crippen molar-refractivity contribution in [2.24, 2.45) is 17.3 Å². The zero-order valence-corrected chi connectivity index (χ0v) is 18.2. The predicted molar refractivity (Wildman–Crippen MR) is 111 cm³/mol. The van der Waals surface area contributed by atoms with E-state index in [1.165, 1.54) is 26.4 Å². The zero-order valence-electron chi connectivity index (χ0n) is 18.2. The highest BCUT2D eigenvalue weighted by atomic mass is 16.6. The van der Waals surface area contributed by atoms with Crippen LogP contribution in [-0.4, -0.2) is 34.9 Å². The van der Waals surface area contributed by atoms with E-state index in [-0.39, 0.29) is 12.3 Å². The van der Waals surface area contributed by atoms with E-state index in [9.17, 15) is 14.7 Å². The van der Waals surface area contributed by atoms with E-state index >= 15 is 0 Å². The highest BCUT2D eigenvalue weighted by Crippen LogP contribution is 2.35. The number of hydrogen-bond donors (Lipinski definition) is 2. The molecule has 1 rings (SSSR count). The van der Waals surface area contributed by atoms with Gasteiger partial charge in [0.1, 0.15) is 5.78 Å². The van der Waals surface area contributed by atoms with Gasteiger partial charge in [-0.05, 0) is 49.9 Å². The lowest BCUT2D eigenvalue weighted by atomic mass is 9.83. The maximum absolute atomic E-state index is 12.2. The minimum absolute atomic E-state index is 0.0638. The number of methoxy groups -OCH3 is 1. The van der Waals surface area contributed by atoms with E-state index in [4.69, 9.17) is 9.84 Å². The second kappa shape index (κ2) is 11.7. The first-order valence-corrected chi connectivity index (χ1v) is 10.9. The van der Waals surface area contributed by atoms with Crippen molar-refractivity contribution in [1.29, 1.82) is 0 Å². The zero-order chi connectivity index (χ0) is 21.2. The summed E-state index contributed by atoms with van der Waals surface area (Å²) < 4.78 is 4.70. The predicted octanol–water partition coefficient (Wildman–Crippen LogP) is 5.11. The van der Waals surface area contributed by atoms with E-state index in [0.717, 1.165) is 32.1 Å². The van der Waals surface area contributed by atoms with Gasteiger partial charge >= 0.3 is 5.97 Å². The van der Waals surface area contributed by atoms with Crippen LogP contribution in [0.5, 0.6) is 0 Å². The fourth-order valence-corrected chi connectivity index (χ4v) is 4.29. The second-order valence-corrected chi connectivity index (χ2v) is 9.05. The molecule has 2 N–H and O–H groups in total. The van der Waals surface area contributed by atoms with Crippen molar-refractivity contribution in [3.05, 3.63) is 12.2 Å². The van der Waals surface area contributed by atoms with Gasteiger partial charge in [0.05, 0.1) is 0 Å². The Morgan fingerprint density at radius 1 is 1.21 bits per heavy atom. The molecule has 0 radical (unpaired) electrons. The summed E-state index contributed by atoms with van der Waals surface area (Å²) >= 11 is 0. The Kier molecular flexibility index (Phi) is 10.4. The van der Waals surface area contributed by atoms with E-state index in [0.29, 0.717) is 30.0 Å². The SMILES string of the molecule is CCCC(C)(C)CCC=C[C@H]1CCC(=O)[C@@H]1CCCCCC(O)(OC)C(=O)O. The summed E-state index contributed by atoms with van der Waals surface area (Å²) in [5, 5.41) is 18.8. The van der Waals surface area contributed by atoms with Crippen molar-refractivity contribution in [1.82, 2.24) is 0 Å². The van der Waals surface area contributed by atoms with Crippen molar-refractivity contribution in [2.75, 3.05) is 7.11 Å². The van der Waals surface area contributed by atoms with Gasteiger partial charge in [0, 0.05) is 25.9 Å². The number of carbonyl (C=O) groups is 2. The quantitative estimate of drug-likeness (QED) is 0.242. The van der Waals surface area contributed by atoms with Gasteiger partial charge in [-0.2, -0.15) is 0 Å². The number of carbonyl (C=O) groups excluding carboxylic acids is 1. The Bertz CT molecular complexity index is 525. The maximum atomic E-state index is 12.2. The summed E-state index contributed by atoms with van der Waals surface area (Å²) in [6, 6.07) is 0. The molecule has 1 fully saturated rings. The third kappa shape index (κ3) is 8.04. The molecule has 1 unspecified atom stereocenters. The molecule has 5 heteroatoms. The first-order chi connectivity index (χ1) is 13.1. The van der Waals surface area contributed by atoms with Crippen LogP contribution in [0.3, 0.4) is 0 Å². The number of ketones is 1. The first kappa shape index (κ1) is 24.8. The molecule has 0 spiro atoms. The standard InChI is InChI=1S/C23H40O5/c1-5-15-22(2,3)16-10-8-11-18-13-14-20(24)19(18)12-7-6-9-17-23(27,28-4)21(25)26/h8,11,18-19,27H,5-7,9-10,12-17H2,1-4H3,(H,25,26)/t18-,19+,23?/m0/s1. The molecule has 1 aliphatic rings. The fraction of sp³-hybridized carbons (Fsp3) is 0.826. The molecule has 162 valence electrons. The highest BCUT2D eigenvalue weighted by molar-refractivity contribution is 5.83. The summed E-state index contributed by atoms with van der Waals surface area (Å²) in [5.41, 5.74) is 0.379. The van der Waals surface area contributed by atoms with Crippen LogP contribution in [0.1, 0.15) is 91.4 Å². The lowest BCUT2D eigenvalue weighted by Gasteiger charge is -2.23. The van der Waals surface area contributed by atoms with Crippen LogP contribution >= 0.6 is 0 Å². The molecule has 0 amide bonds. The molecule has 0 heterocycles. The molecule has 3 atom stereocenters. The fourth-order valence-electron chi connectivity index (χ4n) is 4.29. The van der Waals surface area contributed by atoms with Gasteiger partial charge < -0.3 is 14.9 Å². The van der Waals surface area contributed by atoms with Crippen molar-refractivity contribution in [3.63, 3.8) is 0 Å². The summed E-state index contributed by atoms with van der Waals surface area (Å²) in [7, 11) is 1.20. The molecule has 0 saturated heterocycles. The summed E-state index contributed by atoms with van der Waals surface area (Å²) in [6.45, 7) is 6.87. The molecule has 0 bridgehead atoms. The third-order valence-corrected chi connectivity index (χ3v) is 6.15. The first-order valence-electron chi connectivity index (χ1n) is 10.9. The van der Waals surface area contributed by atoms with E-state index in [1.807, 2.05) is 0 Å². The van der Waals surface area contributed by atoms with E-state index < -0.39 is 11.8 Å². The summed E-state index contributed by atoms with van der Waals surface area (Å²) in [6.07, 6.45) is 13.9. The van der Waals surface area contributed by atoms with Gasteiger partial charge in [-0.1, -0.05) is 52.2 Å². The van der Waals surface area contributed by atoms with Gasteiger partial charge in [0.25, 0.3) is 5.79 Å². The monoisotopic (exact) mass is 396 g/mol. The minimum atomic E-state index is -2.10. The number of allylic oxidation sites excluding steroid dienone is 2. The van der Waals surface area contributed by atoms with Crippen LogP contribution in [0.2, 0.25) is 0 Å². The third-order valence-electron chi connectivity index (χ3n) is 6.15. The lowest BCUT2D eigenvalue weighted by molar-refractivity contribution is -0.216. The van der Waals surface area contributed by atoms with Gasteiger partial charge in [-0.15, -0.1) is 0 Å². The number of Topliss-reactive ketones (excluding diaryl/α,β-unsaturated/α-hetero) is 1. The van der Waals surface area contributed by atoms with Crippen molar-refractivity contribution in [2.45, 2.75) is 97.2 Å². The number of aliphatic hydroxyl groups is 1. The van der Waals surface area contributed by atoms with Crippen molar-refractivity contribution >= 4 is 11.8 Å². The van der Waals surface area contributed by atoms with Crippen LogP contribution < -0.4 is 0 Å². The molecule has 0 aromatic rings. The topological polar surface area (TPSA) is 83.8 Å². The Labute approximate surface area is 170 Å². The number of unbranched alkanes of at least 4 members (excludes halogenated alkanes) is 2. The maximum Gasteiger partial charge on any atom is 0.364 e. The van der Waals surface area contributed by atoms with Crippen LogP contribution in [0, 0.1) is 17.3 Å². The Hall–Kier alpha value is -1.20. The molecule has 0 aliphatic heterocycles. The smallest absolute Gasteiger partial charge is 0.364 e. The molecular weight excluding hydrogens is 356 g/mol. The summed E-state index contributed by atoms with van der Waals surface area (Å²) in [4.78, 5) is 23.3. The average Bonchev–Trinajstić information content (AvgIpc) is 2.98. The minimum Gasteiger partial charge on any atom is -0.477 e. The molecular formula is C23H40O5. The molecule has 1 saturated carbocycles. The van der Waals surface area contributed by atoms with E-state index in [1.54, 1.807) is 0 Å². The molecule has 0 aromatic heterocycles. The van der Waals surface area contributed by atoms with Crippen LogP contribution in [0.15, 0.2) is 12.2 Å². The van der Waals surface area contributed by atoms with Gasteiger partial charge in [-0.25, -0.2) is 4.79 Å². The van der Waals surface area contributed by atoms with Crippen molar-refractivity contribution < 1.29 is 24.5 Å². The lowest BCUT2D eigenvalue weighted by Crippen LogP contribution is -2.40. The Morgan fingerprint density at radius 3 is 2.54 bits per heavy atom. The number of ether oxygens (including phenoxy) is 1. The van der Waals surface area contributed by atoms with Crippen LogP contribution in [0.25, 0.3) is 0 Å². The number of carboxylic acid groups (broad SMARTS) is 1. The molecule has 28 heavy (non-hydrogen) atoms. The van der Waals surface area contributed by atoms with Crippen LogP contribution in [0.4, 0.5) is 0 Å².